The molecule has 18 heavy (non-hydrogen) atoms. The first kappa shape index (κ1) is 14.2. The number of aromatic nitrogens is 1. The Labute approximate surface area is 107 Å². The standard InChI is InChI=1S/C13H18N2O3/c1-9(2)7-11(13(17)18-3)15-12(16)10-5-4-6-14-8-10/h4-6,8-9,11H,7H2,1-3H3,(H,15,16)/t11-/m1/s1. The van der Waals surface area contributed by atoms with Gasteiger partial charge in [0.15, 0.2) is 0 Å². The van der Waals surface area contributed by atoms with Crippen LogP contribution in [0.25, 0.3) is 0 Å². The molecule has 0 aliphatic carbocycles. The van der Waals surface area contributed by atoms with Gasteiger partial charge in [0.1, 0.15) is 6.04 Å². The molecule has 0 aliphatic rings. The maximum absolute atomic E-state index is 11.9. The Morgan fingerprint density at radius 1 is 1.44 bits per heavy atom. The molecule has 1 atom stereocenters. The number of esters is 1. The number of amides is 1. The van der Waals surface area contributed by atoms with Crippen LogP contribution in [-0.4, -0.2) is 30.0 Å². The molecule has 1 aromatic rings. The topological polar surface area (TPSA) is 68.3 Å². The molecule has 0 saturated heterocycles. The SMILES string of the molecule is COC(=O)[C@@H](CC(C)C)NC(=O)c1cccnc1. The maximum Gasteiger partial charge on any atom is 0.328 e. The van der Waals surface area contributed by atoms with Crippen molar-refractivity contribution in [3.63, 3.8) is 0 Å². The number of carbonyl (C=O) groups is 2. The number of ether oxygens (including phenoxy) is 1. The lowest BCUT2D eigenvalue weighted by atomic mass is 10.0. The second-order valence-corrected chi connectivity index (χ2v) is 4.42. The quantitative estimate of drug-likeness (QED) is 0.802. The van der Waals surface area contributed by atoms with Crippen molar-refractivity contribution in [2.45, 2.75) is 26.3 Å². The predicted molar refractivity (Wildman–Crippen MR) is 67.0 cm³/mol. The number of pyridine rings is 1. The summed E-state index contributed by atoms with van der Waals surface area (Å²) in [6.07, 6.45) is 3.58. The van der Waals surface area contributed by atoms with E-state index in [9.17, 15) is 9.59 Å². The summed E-state index contributed by atoms with van der Waals surface area (Å²) >= 11 is 0. The minimum atomic E-state index is -0.622. The fourth-order valence-corrected chi connectivity index (χ4v) is 1.57. The summed E-state index contributed by atoms with van der Waals surface area (Å²) in [6, 6.07) is 2.69. The van der Waals surface area contributed by atoms with Crippen LogP contribution < -0.4 is 5.32 Å². The van der Waals surface area contributed by atoms with Crippen molar-refractivity contribution in [2.24, 2.45) is 5.92 Å². The molecule has 5 heteroatoms. The largest absolute Gasteiger partial charge is 0.467 e. The highest BCUT2D eigenvalue weighted by molar-refractivity contribution is 5.96. The highest BCUT2D eigenvalue weighted by atomic mass is 16.5. The van der Waals surface area contributed by atoms with E-state index in [4.69, 9.17) is 0 Å². The normalized spacial score (nSPS) is 12.0. The molecule has 0 aliphatic heterocycles. The molecule has 0 spiro atoms. The van der Waals surface area contributed by atoms with Crippen LogP contribution in [-0.2, 0) is 9.53 Å². The molecule has 98 valence electrons. The van der Waals surface area contributed by atoms with Gasteiger partial charge in [0.2, 0.25) is 0 Å². The first-order chi connectivity index (χ1) is 8.54. The fraction of sp³-hybridized carbons (Fsp3) is 0.462. The average Bonchev–Trinajstić information content (AvgIpc) is 2.37. The molecule has 1 heterocycles. The van der Waals surface area contributed by atoms with E-state index >= 15 is 0 Å². The van der Waals surface area contributed by atoms with Crippen molar-refractivity contribution < 1.29 is 14.3 Å². The van der Waals surface area contributed by atoms with E-state index in [0.29, 0.717) is 12.0 Å². The highest BCUT2D eigenvalue weighted by Gasteiger charge is 2.23. The Kier molecular flexibility index (Phi) is 5.30. The van der Waals surface area contributed by atoms with Crippen molar-refractivity contribution in [1.29, 1.82) is 0 Å². The minimum absolute atomic E-state index is 0.281. The van der Waals surface area contributed by atoms with Gasteiger partial charge in [-0.25, -0.2) is 4.79 Å². The molecular formula is C13H18N2O3. The number of nitrogens with zero attached hydrogens (tertiary/aromatic N) is 1. The number of nitrogens with one attached hydrogen (secondary N) is 1. The second-order valence-electron chi connectivity index (χ2n) is 4.42. The van der Waals surface area contributed by atoms with Crippen LogP contribution in [0, 0.1) is 5.92 Å². The van der Waals surface area contributed by atoms with Crippen LogP contribution in [0.4, 0.5) is 0 Å². The second kappa shape index (κ2) is 6.74. The monoisotopic (exact) mass is 250 g/mol. The van der Waals surface area contributed by atoms with E-state index in [1.165, 1.54) is 13.3 Å². The molecule has 5 nitrogen and oxygen atoms in total. The maximum atomic E-state index is 11.9. The Bertz CT molecular complexity index is 404. The molecule has 0 fully saturated rings. The zero-order valence-corrected chi connectivity index (χ0v) is 10.8. The summed E-state index contributed by atoms with van der Waals surface area (Å²) in [7, 11) is 1.31. The first-order valence-corrected chi connectivity index (χ1v) is 5.83. The number of methoxy groups -OCH3 is 1. The Hall–Kier alpha value is -1.91. The van der Waals surface area contributed by atoms with Gasteiger partial charge in [0.25, 0.3) is 5.91 Å². The van der Waals surface area contributed by atoms with Crippen LogP contribution >= 0.6 is 0 Å². The molecular weight excluding hydrogens is 232 g/mol. The van der Waals surface area contributed by atoms with Gasteiger partial charge in [-0.1, -0.05) is 13.8 Å². The van der Waals surface area contributed by atoms with Crippen LogP contribution in [0.1, 0.15) is 30.6 Å². The van der Waals surface area contributed by atoms with Crippen LogP contribution in [0.2, 0.25) is 0 Å². The van der Waals surface area contributed by atoms with Crippen molar-refractivity contribution in [1.82, 2.24) is 10.3 Å². The van der Waals surface area contributed by atoms with Crippen molar-refractivity contribution >= 4 is 11.9 Å². The zero-order valence-electron chi connectivity index (χ0n) is 10.8. The first-order valence-electron chi connectivity index (χ1n) is 5.83. The highest BCUT2D eigenvalue weighted by Crippen LogP contribution is 2.07. The average molecular weight is 250 g/mol. The van der Waals surface area contributed by atoms with Crippen LogP contribution in [0.15, 0.2) is 24.5 Å². The molecule has 0 aromatic carbocycles. The predicted octanol–water partition coefficient (Wildman–Crippen LogP) is 1.40. The number of hydrogen-bond donors (Lipinski definition) is 1. The van der Waals surface area contributed by atoms with E-state index in [1.54, 1.807) is 18.3 Å². The number of rotatable bonds is 5. The Morgan fingerprint density at radius 3 is 2.67 bits per heavy atom. The molecule has 1 rings (SSSR count). The molecule has 1 amide bonds. The third kappa shape index (κ3) is 4.16. The molecule has 0 unspecified atom stereocenters. The van der Waals surface area contributed by atoms with Gasteiger partial charge in [-0.2, -0.15) is 0 Å². The summed E-state index contributed by atoms with van der Waals surface area (Å²) in [5.74, 6) is -0.469. The van der Waals surface area contributed by atoms with E-state index in [1.807, 2.05) is 13.8 Å². The van der Waals surface area contributed by atoms with Crippen LogP contribution in [0.5, 0.6) is 0 Å². The van der Waals surface area contributed by atoms with Gasteiger partial charge in [0.05, 0.1) is 12.7 Å². The van der Waals surface area contributed by atoms with Gasteiger partial charge < -0.3 is 10.1 Å². The van der Waals surface area contributed by atoms with Gasteiger partial charge >= 0.3 is 5.97 Å². The summed E-state index contributed by atoms with van der Waals surface area (Å²) in [5, 5.41) is 2.66. The smallest absolute Gasteiger partial charge is 0.328 e. The van der Waals surface area contributed by atoms with Crippen molar-refractivity contribution in [3.05, 3.63) is 30.1 Å². The Morgan fingerprint density at radius 2 is 2.17 bits per heavy atom. The molecule has 0 saturated carbocycles. The lowest BCUT2D eigenvalue weighted by Gasteiger charge is -2.18. The van der Waals surface area contributed by atoms with Gasteiger partial charge in [0, 0.05) is 12.4 Å². The van der Waals surface area contributed by atoms with E-state index < -0.39 is 12.0 Å². The van der Waals surface area contributed by atoms with E-state index in [2.05, 4.69) is 15.0 Å². The lowest BCUT2D eigenvalue weighted by Crippen LogP contribution is -2.42. The van der Waals surface area contributed by atoms with Crippen molar-refractivity contribution in [2.75, 3.05) is 7.11 Å². The van der Waals surface area contributed by atoms with Crippen molar-refractivity contribution in [3.8, 4) is 0 Å². The summed E-state index contributed by atoms with van der Waals surface area (Å²) in [4.78, 5) is 27.3. The fourth-order valence-electron chi connectivity index (χ4n) is 1.57. The summed E-state index contributed by atoms with van der Waals surface area (Å²) in [6.45, 7) is 3.96. The molecule has 1 N–H and O–H groups in total. The lowest BCUT2D eigenvalue weighted by molar-refractivity contribution is -0.143. The number of hydrogen-bond acceptors (Lipinski definition) is 4. The molecule has 0 bridgehead atoms. The van der Waals surface area contributed by atoms with Crippen LogP contribution in [0.3, 0.4) is 0 Å². The molecule has 0 radical (unpaired) electrons. The van der Waals surface area contributed by atoms with E-state index in [0.717, 1.165) is 0 Å². The number of carbonyl (C=O) groups excluding carboxylic acids is 2. The third-order valence-corrected chi connectivity index (χ3v) is 2.42. The summed E-state index contributed by atoms with van der Waals surface area (Å²) in [5.41, 5.74) is 0.426. The van der Waals surface area contributed by atoms with Gasteiger partial charge in [-0.05, 0) is 24.5 Å². The van der Waals surface area contributed by atoms with E-state index in [-0.39, 0.29) is 11.8 Å². The molecule has 1 aromatic heterocycles. The minimum Gasteiger partial charge on any atom is -0.467 e. The van der Waals surface area contributed by atoms with Gasteiger partial charge in [-0.3, -0.25) is 9.78 Å². The third-order valence-electron chi connectivity index (χ3n) is 2.42. The Balaban J connectivity index is 2.71. The summed E-state index contributed by atoms with van der Waals surface area (Å²) < 4.78 is 4.68. The van der Waals surface area contributed by atoms with Gasteiger partial charge in [-0.15, -0.1) is 0 Å². The zero-order chi connectivity index (χ0) is 13.5.